The standard InChI is InChI=1S/C26H20I2N2O3/c1-2-12-32-25-23(27)14-19(15-24(25)28)13-20(16-29)26(31)30-21-8-10-22(11-9-21)33-17-18-6-4-3-5-7-18/h2-11,13-15H,1,12,17H2,(H,30,31)/b20-13+. The topological polar surface area (TPSA) is 71.3 Å². The second-order valence-corrected chi connectivity index (χ2v) is 9.16. The molecule has 5 nitrogen and oxygen atoms in total. The molecular formula is C26H20I2N2O3. The zero-order valence-corrected chi connectivity index (χ0v) is 21.9. The predicted octanol–water partition coefficient (Wildman–Crippen LogP) is 6.59. The van der Waals surface area contributed by atoms with Crippen LogP contribution in [0.15, 0.2) is 85.0 Å². The molecule has 166 valence electrons. The average Bonchev–Trinajstić information content (AvgIpc) is 2.82. The summed E-state index contributed by atoms with van der Waals surface area (Å²) in [6, 6.07) is 22.6. The predicted molar refractivity (Wildman–Crippen MR) is 147 cm³/mol. The first-order valence-electron chi connectivity index (χ1n) is 9.93. The van der Waals surface area contributed by atoms with Gasteiger partial charge in [0.05, 0.1) is 7.14 Å². The Labute approximate surface area is 220 Å². The van der Waals surface area contributed by atoms with Gasteiger partial charge in [-0.25, -0.2) is 0 Å². The fraction of sp³-hybridized carbons (Fsp3) is 0.0769. The van der Waals surface area contributed by atoms with Gasteiger partial charge in [-0.3, -0.25) is 4.79 Å². The van der Waals surface area contributed by atoms with Gasteiger partial charge >= 0.3 is 0 Å². The summed E-state index contributed by atoms with van der Waals surface area (Å²) in [5.74, 6) is 0.967. The Balaban J connectivity index is 1.66. The third-order valence-corrected chi connectivity index (χ3v) is 6.01. The van der Waals surface area contributed by atoms with E-state index < -0.39 is 5.91 Å². The fourth-order valence-corrected chi connectivity index (χ4v) is 4.96. The van der Waals surface area contributed by atoms with E-state index in [1.807, 2.05) is 48.5 Å². The molecule has 0 fully saturated rings. The molecule has 3 aromatic carbocycles. The summed E-state index contributed by atoms with van der Waals surface area (Å²) < 4.78 is 13.2. The number of carbonyl (C=O) groups is 1. The first-order chi connectivity index (χ1) is 16.0. The summed E-state index contributed by atoms with van der Waals surface area (Å²) >= 11 is 4.34. The molecule has 1 amide bonds. The van der Waals surface area contributed by atoms with Crippen molar-refractivity contribution in [1.29, 1.82) is 5.26 Å². The normalized spacial score (nSPS) is 10.8. The van der Waals surface area contributed by atoms with Crippen LogP contribution in [0.25, 0.3) is 6.08 Å². The van der Waals surface area contributed by atoms with Crippen LogP contribution in [0.2, 0.25) is 0 Å². The Morgan fingerprint density at radius 3 is 2.30 bits per heavy atom. The Kier molecular flexibility index (Phi) is 9.33. The molecule has 0 spiro atoms. The third kappa shape index (κ3) is 7.33. The highest BCUT2D eigenvalue weighted by Gasteiger charge is 2.12. The molecule has 0 aromatic heterocycles. The van der Waals surface area contributed by atoms with Crippen LogP contribution in [0.4, 0.5) is 5.69 Å². The van der Waals surface area contributed by atoms with Crippen LogP contribution < -0.4 is 14.8 Å². The number of hydrogen-bond acceptors (Lipinski definition) is 4. The molecule has 0 saturated heterocycles. The SMILES string of the molecule is C=CCOc1c(I)cc(/C=C(\C#N)C(=O)Nc2ccc(OCc3ccccc3)cc2)cc1I. The molecule has 0 aliphatic heterocycles. The number of hydrogen-bond donors (Lipinski definition) is 1. The second kappa shape index (κ2) is 12.4. The minimum Gasteiger partial charge on any atom is -0.489 e. The van der Waals surface area contributed by atoms with Gasteiger partial charge < -0.3 is 14.8 Å². The Hall–Kier alpha value is -2.84. The number of anilines is 1. The van der Waals surface area contributed by atoms with Gasteiger partial charge in [-0.15, -0.1) is 0 Å². The van der Waals surface area contributed by atoms with Crippen LogP contribution in [0, 0.1) is 18.5 Å². The van der Waals surface area contributed by atoms with Gasteiger partial charge in [-0.1, -0.05) is 43.0 Å². The fourth-order valence-electron chi connectivity index (χ4n) is 2.83. The van der Waals surface area contributed by atoms with E-state index in [-0.39, 0.29) is 5.57 Å². The summed E-state index contributed by atoms with van der Waals surface area (Å²) in [6.45, 7) is 4.52. The highest BCUT2D eigenvalue weighted by atomic mass is 127. The highest BCUT2D eigenvalue weighted by molar-refractivity contribution is 14.1. The average molecular weight is 662 g/mol. The zero-order valence-electron chi connectivity index (χ0n) is 17.6. The van der Waals surface area contributed by atoms with Gasteiger partial charge in [0.25, 0.3) is 5.91 Å². The first kappa shape index (κ1) is 24.8. The maximum Gasteiger partial charge on any atom is 0.266 e. The van der Waals surface area contributed by atoms with Crippen LogP contribution in [0.1, 0.15) is 11.1 Å². The minimum absolute atomic E-state index is 0.00534. The van der Waals surface area contributed by atoms with Crippen LogP contribution in [0.5, 0.6) is 11.5 Å². The smallest absolute Gasteiger partial charge is 0.266 e. The number of amides is 1. The van der Waals surface area contributed by atoms with Gasteiger partial charge in [-0.05, 0) is 98.8 Å². The molecule has 0 saturated carbocycles. The molecule has 33 heavy (non-hydrogen) atoms. The van der Waals surface area contributed by atoms with Crippen molar-refractivity contribution in [2.24, 2.45) is 0 Å². The quantitative estimate of drug-likeness (QED) is 0.122. The van der Waals surface area contributed by atoms with Gasteiger partial charge in [0.15, 0.2) is 0 Å². The Morgan fingerprint density at radius 2 is 1.70 bits per heavy atom. The minimum atomic E-state index is -0.479. The molecule has 7 heteroatoms. The van der Waals surface area contributed by atoms with Gasteiger partial charge in [0.2, 0.25) is 0 Å². The number of nitrogens with one attached hydrogen (secondary N) is 1. The van der Waals surface area contributed by atoms with E-state index in [1.165, 1.54) is 0 Å². The van der Waals surface area contributed by atoms with E-state index in [0.717, 1.165) is 24.0 Å². The number of benzene rings is 3. The molecular weight excluding hydrogens is 642 g/mol. The largest absolute Gasteiger partial charge is 0.489 e. The van der Waals surface area contributed by atoms with E-state index in [2.05, 4.69) is 57.1 Å². The molecule has 0 unspecified atom stereocenters. The molecule has 3 rings (SSSR count). The molecule has 0 radical (unpaired) electrons. The van der Waals surface area contributed by atoms with E-state index in [0.29, 0.717) is 24.7 Å². The van der Waals surface area contributed by atoms with E-state index in [9.17, 15) is 10.1 Å². The number of nitrogens with zero attached hydrogens (tertiary/aromatic N) is 1. The summed E-state index contributed by atoms with van der Waals surface area (Å²) in [7, 11) is 0. The van der Waals surface area contributed by atoms with Gasteiger partial charge in [0, 0.05) is 5.69 Å². The van der Waals surface area contributed by atoms with Crippen LogP contribution in [-0.2, 0) is 11.4 Å². The van der Waals surface area contributed by atoms with Crippen LogP contribution in [0.3, 0.4) is 0 Å². The third-order valence-electron chi connectivity index (χ3n) is 4.40. The molecule has 0 heterocycles. The maximum atomic E-state index is 12.6. The van der Waals surface area contributed by atoms with Crippen molar-refractivity contribution in [2.45, 2.75) is 6.61 Å². The van der Waals surface area contributed by atoms with Gasteiger partial charge in [0.1, 0.15) is 36.4 Å². The van der Waals surface area contributed by atoms with Crippen molar-refractivity contribution < 1.29 is 14.3 Å². The maximum absolute atomic E-state index is 12.6. The first-order valence-corrected chi connectivity index (χ1v) is 12.1. The summed E-state index contributed by atoms with van der Waals surface area (Å²) in [4.78, 5) is 12.6. The van der Waals surface area contributed by atoms with Crippen LogP contribution >= 0.6 is 45.2 Å². The second-order valence-electron chi connectivity index (χ2n) is 6.84. The van der Waals surface area contributed by atoms with Crippen molar-refractivity contribution in [3.63, 3.8) is 0 Å². The summed E-state index contributed by atoms with van der Waals surface area (Å²) in [5.41, 5.74) is 2.39. The highest BCUT2D eigenvalue weighted by Crippen LogP contribution is 2.30. The summed E-state index contributed by atoms with van der Waals surface area (Å²) in [5, 5.41) is 12.3. The van der Waals surface area contributed by atoms with E-state index >= 15 is 0 Å². The zero-order chi connectivity index (χ0) is 23.6. The molecule has 0 aliphatic carbocycles. The molecule has 0 atom stereocenters. The lowest BCUT2D eigenvalue weighted by Crippen LogP contribution is -2.13. The number of nitriles is 1. The lowest BCUT2D eigenvalue weighted by molar-refractivity contribution is -0.112. The molecule has 0 bridgehead atoms. The van der Waals surface area contributed by atoms with Gasteiger partial charge in [-0.2, -0.15) is 5.26 Å². The summed E-state index contributed by atoms with van der Waals surface area (Å²) in [6.07, 6.45) is 3.24. The molecule has 3 aromatic rings. The van der Waals surface area contributed by atoms with Crippen molar-refractivity contribution in [3.05, 3.63) is 103 Å². The Bertz CT molecular complexity index is 1180. The van der Waals surface area contributed by atoms with Crippen molar-refractivity contribution in [1.82, 2.24) is 0 Å². The monoisotopic (exact) mass is 662 g/mol. The number of carbonyl (C=O) groups excluding carboxylic acids is 1. The lowest BCUT2D eigenvalue weighted by atomic mass is 10.1. The van der Waals surface area contributed by atoms with Crippen LogP contribution in [-0.4, -0.2) is 12.5 Å². The van der Waals surface area contributed by atoms with E-state index in [1.54, 1.807) is 36.4 Å². The lowest BCUT2D eigenvalue weighted by Gasteiger charge is -2.10. The van der Waals surface area contributed by atoms with Crippen molar-refractivity contribution in [2.75, 3.05) is 11.9 Å². The Morgan fingerprint density at radius 1 is 1.03 bits per heavy atom. The molecule has 0 aliphatic rings. The van der Waals surface area contributed by atoms with E-state index in [4.69, 9.17) is 9.47 Å². The van der Waals surface area contributed by atoms with Crippen molar-refractivity contribution in [3.8, 4) is 17.6 Å². The van der Waals surface area contributed by atoms with Crippen molar-refractivity contribution >= 4 is 62.9 Å². The molecule has 1 N–H and O–H groups in total. The number of rotatable bonds is 9. The number of halogens is 2. The number of ether oxygens (including phenoxy) is 2.